The third-order valence-corrected chi connectivity index (χ3v) is 1.22. The number of hydrogen-bond donors (Lipinski definition) is 1. The first-order valence-electron chi connectivity index (χ1n) is 2.54. The third-order valence-electron chi connectivity index (χ3n) is 1.22. The molecule has 0 amide bonds. The number of aliphatic hydroxyl groups is 1. The second-order valence-corrected chi connectivity index (χ2v) is 1.81. The van der Waals surface area contributed by atoms with Crippen molar-refractivity contribution in [2.75, 3.05) is 0 Å². The predicted molar refractivity (Wildman–Crippen MR) is 29.7 cm³/mol. The van der Waals surface area contributed by atoms with E-state index in [1.165, 1.54) is 0 Å². The smallest absolute Gasteiger partial charge is 0.188 e. The molecule has 1 rings (SSSR count). The molecule has 0 saturated heterocycles. The zero-order chi connectivity index (χ0) is 6.85. The maximum Gasteiger partial charge on any atom is 0.188 e. The fourth-order valence-corrected chi connectivity index (χ4v) is 0.733. The van der Waals surface area contributed by atoms with Crippen LogP contribution in [0.15, 0.2) is 16.6 Å². The van der Waals surface area contributed by atoms with Crippen LogP contribution in [0.1, 0.15) is 12.8 Å². The largest absolute Gasteiger partial charge is 0.510 e. The van der Waals surface area contributed by atoms with E-state index in [9.17, 15) is 9.70 Å². The monoisotopic (exact) mass is 127 g/mol. The Morgan fingerprint density at radius 2 is 2.11 bits per heavy atom. The summed E-state index contributed by atoms with van der Waals surface area (Å²) in [6, 6.07) is 0. The van der Waals surface area contributed by atoms with E-state index >= 15 is 0 Å². The first-order valence-corrected chi connectivity index (χ1v) is 2.54. The fraction of sp³-hybridized carbons (Fsp3) is 0.400. The zero-order valence-corrected chi connectivity index (χ0v) is 4.63. The highest BCUT2D eigenvalue weighted by molar-refractivity contribution is 5.97. The van der Waals surface area contributed by atoms with Gasteiger partial charge in [-0.15, -0.1) is 4.91 Å². The van der Waals surface area contributed by atoms with Crippen molar-refractivity contribution < 1.29 is 9.90 Å². The van der Waals surface area contributed by atoms with E-state index in [1.54, 1.807) is 0 Å². The van der Waals surface area contributed by atoms with Gasteiger partial charge in [-0.2, -0.15) is 0 Å². The Morgan fingerprint density at radius 3 is 2.33 bits per heavy atom. The van der Waals surface area contributed by atoms with Crippen LogP contribution >= 0.6 is 0 Å². The van der Waals surface area contributed by atoms with Crippen LogP contribution in [-0.2, 0) is 4.79 Å². The van der Waals surface area contributed by atoms with Crippen LogP contribution in [0, 0.1) is 4.91 Å². The Morgan fingerprint density at radius 1 is 1.44 bits per heavy atom. The van der Waals surface area contributed by atoms with Gasteiger partial charge in [-0.25, -0.2) is 0 Å². The van der Waals surface area contributed by atoms with Crippen molar-refractivity contribution in [2.45, 2.75) is 12.8 Å². The number of aliphatic hydroxyl groups excluding tert-OH is 1. The maximum absolute atomic E-state index is 10.5. The molecule has 0 spiro atoms. The topological polar surface area (TPSA) is 66.7 Å². The Balaban J connectivity index is 2.94. The lowest BCUT2D eigenvalue weighted by molar-refractivity contribution is -0.114. The average Bonchev–Trinajstić information content (AvgIpc) is 2.12. The normalized spacial score (nSPS) is 18.9. The minimum absolute atomic E-state index is 0.171. The molecule has 4 heteroatoms. The number of hydrogen-bond acceptors (Lipinski definition) is 4. The Hall–Kier alpha value is -1.19. The predicted octanol–water partition coefficient (Wildman–Crippen LogP) is 0.885. The van der Waals surface area contributed by atoms with Crippen molar-refractivity contribution in [3.63, 3.8) is 0 Å². The molecule has 4 nitrogen and oxygen atoms in total. The molecule has 0 unspecified atom stereocenters. The second-order valence-electron chi connectivity index (χ2n) is 1.81. The number of ketones is 1. The summed E-state index contributed by atoms with van der Waals surface area (Å²) in [5, 5.41) is 11.1. The molecule has 0 aromatic carbocycles. The standard InChI is InChI=1S/C5H5NO3/c7-3-1-2-4(8)5(3)6-9/h7H,1-2H2. The Kier molecular flexibility index (Phi) is 1.30. The molecule has 0 atom stereocenters. The number of rotatable bonds is 1. The summed E-state index contributed by atoms with van der Waals surface area (Å²) < 4.78 is 0. The number of carbonyl (C=O) groups is 1. The zero-order valence-electron chi connectivity index (χ0n) is 4.63. The van der Waals surface area contributed by atoms with E-state index in [0.717, 1.165) is 0 Å². The van der Waals surface area contributed by atoms with Crippen molar-refractivity contribution >= 4 is 5.78 Å². The molecule has 1 N–H and O–H groups in total. The Bertz CT molecular complexity index is 194. The quantitative estimate of drug-likeness (QED) is 0.532. The lowest BCUT2D eigenvalue weighted by Gasteiger charge is -1.83. The molecular formula is C5H5NO3. The first kappa shape index (κ1) is 5.94. The van der Waals surface area contributed by atoms with Crippen LogP contribution < -0.4 is 0 Å². The lowest BCUT2D eigenvalue weighted by Crippen LogP contribution is -1.91. The maximum atomic E-state index is 10.5. The number of nitroso groups, excluding NO2 is 1. The number of allylic oxidation sites excluding steroid dienone is 2. The molecule has 0 fully saturated rings. The van der Waals surface area contributed by atoms with Gasteiger partial charge in [0.2, 0.25) is 0 Å². The van der Waals surface area contributed by atoms with E-state index in [4.69, 9.17) is 5.11 Å². The van der Waals surface area contributed by atoms with Crippen molar-refractivity contribution in [3.8, 4) is 0 Å². The van der Waals surface area contributed by atoms with Crippen LogP contribution in [0.5, 0.6) is 0 Å². The van der Waals surface area contributed by atoms with Crippen LogP contribution in [0.2, 0.25) is 0 Å². The Labute approximate surface area is 51.2 Å². The molecule has 0 saturated carbocycles. The highest BCUT2D eigenvalue weighted by Crippen LogP contribution is 2.20. The molecule has 0 aliphatic heterocycles. The van der Waals surface area contributed by atoms with Crippen molar-refractivity contribution in [3.05, 3.63) is 16.4 Å². The summed E-state index contributed by atoms with van der Waals surface area (Å²) in [5.41, 5.74) is -0.296. The average molecular weight is 127 g/mol. The minimum Gasteiger partial charge on any atom is -0.510 e. The number of carbonyl (C=O) groups excluding carboxylic acids is 1. The summed E-state index contributed by atoms with van der Waals surface area (Å²) >= 11 is 0. The molecule has 0 radical (unpaired) electrons. The van der Waals surface area contributed by atoms with Gasteiger partial charge in [-0.1, -0.05) is 0 Å². The highest BCUT2D eigenvalue weighted by atomic mass is 16.3. The summed E-state index contributed by atoms with van der Waals surface area (Å²) in [7, 11) is 0. The van der Waals surface area contributed by atoms with Gasteiger partial charge in [0.05, 0.1) is 0 Å². The molecule has 1 aliphatic rings. The lowest BCUT2D eigenvalue weighted by atomic mass is 10.3. The molecule has 0 aromatic heterocycles. The van der Waals surface area contributed by atoms with Gasteiger partial charge in [0.25, 0.3) is 0 Å². The molecule has 0 heterocycles. The van der Waals surface area contributed by atoms with Gasteiger partial charge in [0, 0.05) is 12.8 Å². The molecule has 48 valence electrons. The van der Waals surface area contributed by atoms with E-state index in [-0.39, 0.29) is 30.1 Å². The van der Waals surface area contributed by atoms with E-state index in [0.29, 0.717) is 0 Å². The van der Waals surface area contributed by atoms with Gasteiger partial charge in [-0.3, -0.25) is 4.79 Å². The van der Waals surface area contributed by atoms with Crippen LogP contribution in [0.4, 0.5) is 0 Å². The van der Waals surface area contributed by atoms with Gasteiger partial charge in [-0.05, 0) is 5.18 Å². The molecule has 0 aromatic rings. The van der Waals surface area contributed by atoms with Crippen molar-refractivity contribution in [1.29, 1.82) is 0 Å². The highest BCUT2D eigenvalue weighted by Gasteiger charge is 2.23. The first-order chi connectivity index (χ1) is 4.25. The number of nitrogens with zero attached hydrogens (tertiary/aromatic N) is 1. The fourth-order valence-electron chi connectivity index (χ4n) is 0.733. The SMILES string of the molecule is O=NC1=C(O)CCC1=O. The van der Waals surface area contributed by atoms with E-state index in [2.05, 4.69) is 5.18 Å². The van der Waals surface area contributed by atoms with Crippen LogP contribution in [0.25, 0.3) is 0 Å². The van der Waals surface area contributed by atoms with Crippen molar-refractivity contribution in [2.24, 2.45) is 5.18 Å². The van der Waals surface area contributed by atoms with E-state index in [1.807, 2.05) is 0 Å². The second kappa shape index (κ2) is 1.97. The minimum atomic E-state index is -0.359. The van der Waals surface area contributed by atoms with E-state index < -0.39 is 0 Å². The molecular weight excluding hydrogens is 122 g/mol. The van der Waals surface area contributed by atoms with Gasteiger partial charge >= 0.3 is 0 Å². The summed E-state index contributed by atoms with van der Waals surface area (Å²) in [4.78, 5) is 20.2. The number of Topliss-reactive ketones (excluding diaryl/α,β-unsaturated/α-hetero) is 1. The van der Waals surface area contributed by atoms with Gasteiger partial charge in [0.1, 0.15) is 5.76 Å². The van der Waals surface area contributed by atoms with Gasteiger partial charge in [0.15, 0.2) is 11.5 Å². The van der Waals surface area contributed by atoms with Crippen molar-refractivity contribution in [1.82, 2.24) is 0 Å². The third kappa shape index (κ3) is 0.826. The van der Waals surface area contributed by atoms with Crippen LogP contribution in [-0.4, -0.2) is 10.9 Å². The van der Waals surface area contributed by atoms with Crippen LogP contribution in [0.3, 0.4) is 0 Å². The summed E-state index contributed by atoms with van der Waals surface area (Å²) in [5.74, 6) is -0.530. The summed E-state index contributed by atoms with van der Waals surface area (Å²) in [6.07, 6.45) is 0.479. The molecule has 1 aliphatic carbocycles. The summed E-state index contributed by atoms with van der Waals surface area (Å²) in [6.45, 7) is 0. The molecule has 9 heavy (non-hydrogen) atoms. The molecule has 0 bridgehead atoms. The van der Waals surface area contributed by atoms with Gasteiger partial charge < -0.3 is 5.11 Å².